The van der Waals surface area contributed by atoms with Gasteiger partial charge in [0, 0.05) is 17.3 Å². The molecule has 0 aliphatic carbocycles. The maximum absolute atomic E-state index is 13.0. The molecule has 0 saturated heterocycles. The van der Waals surface area contributed by atoms with E-state index in [0.29, 0.717) is 35.7 Å². The fourth-order valence-corrected chi connectivity index (χ4v) is 2.97. The number of carbonyl (C=O) groups is 1. The number of amides is 1. The van der Waals surface area contributed by atoms with E-state index in [4.69, 9.17) is 4.74 Å². The molecule has 0 fully saturated rings. The molecular weight excluding hydrogens is 468 g/mol. The van der Waals surface area contributed by atoms with Gasteiger partial charge in [-0.05, 0) is 55.5 Å². The average Bonchev–Trinajstić information content (AvgIpc) is 2.74. The number of nitrogens with zero attached hydrogens (tertiary/aromatic N) is 2. The molecule has 2 aromatic carbocycles. The summed E-state index contributed by atoms with van der Waals surface area (Å²) in [7, 11) is 0. The molecule has 3 rings (SSSR count). The Labute approximate surface area is 188 Å². The maximum atomic E-state index is 13.0. The Morgan fingerprint density at radius 2 is 1.53 bits per heavy atom. The van der Waals surface area contributed by atoms with Crippen LogP contribution in [0.25, 0.3) is 11.3 Å². The van der Waals surface area contributed by atoms with E-state index in [1.807, 2.05) is 12.2 Å². The molecule has 12 heteroatoms. The molecule has 180 valence electrons. The van der Waals surface area contributed by atoms with Crippen LogP contribution in [-0.2, 0) is 23.7 Å². The summed E-state index contributed by atoms with van der Waals surface area (Å²) < 4.78 is 84.1. The second-order valence-corrected chi connectivity index (χ2v) is 7.01. The molecule has 0 radical (unpaired) electrons. The third-order valence-corrected chi connectivity index (χ3v) is 4.49. The van der Waals surface area contributed by atoms with Crippen LogP contribution in [0.1, 0.15) is 18.1 Å². The van der Waals surface area contributed by atoms with Crippen LogP contribution in [0, 0.1) is 0 Å². The first kappa shape index (κ1) is 24.8. The highest BCUT2D eigenvalue weighted by atomic mass is 19.4. The Hall–Kier alpha value is -3.83. The number of anilines is 1. The molecule has 0 aliphatic rings. The van der Waals surface area contributed by atoms with Crippen LogP contribution in [-0.4, -0.2) is 22.3 Å². The first-order valence-corrected chi connectivity index (χ1v) is 9.77. The summed E-state index contributed by atoms with van der Waals surface area (Å²) in [5.74, 6) is -0.427. The summed E-state index contributed by atoms with van der Waals surface area (Å²) in [5.41, 5.74) is -3.66. The van der Waals surface area contributed by atoms with Gasteiger partial charge in [0.15, 0.2) is 0 Å². The largest absolute Gasteiger partial charge is 0.494 e. The fraction of sp³-hybridized carbons (Fsp3) is 0.227. The van der Waals surface area contributed by atoms with Crippen LogP contribution in [0.4, 0.5) is 32.0 Å². The van der Waals surface area contributed by atoms with Gasteiger partial charge in [0.05, 0.1) is 23.4 Å². The molecule has 0 saturated carbocycles. The molecule has 1 N–H and O–H groups in total. The number of hydrogen-bond donors (Lipinski definition) is 1. The van der Waals surface area contributed by atoms with Gasteiger partial charge >= 0.3 is 12.4 Å². The number of alkyl halides is 6. The van der Waals surface area contributed by atoms with Crippen LogP contribution >= 0.6 is 0 Å². The van der Waals surface area contributed by atoms with Crippen LogP contribution in [0.15, 0.2) is 59.4 Å². The van der Waals surface area contributed by atoms with Crippen molar-refractivity contribution in [1.82, 2.24) is 9.78 Å². The Morgan fingerprint density at radius 3 is 2.06 bits per heavy atom. The predicted octanol–water partition coefficient (Wildman–Crippen LogP) is 4.99. The Bertz CT molecular complexity index is 1200. The quantitative estimate of drug-likeness (QED) is 0.500. The van der Waals surface area contributed by atoms with E-state index in [0.717, 1.165) is 10.7 Å². The SMILES string of the molecule is CCOc1ccc(-c2ccc(=O)n(CC(=O)Nc3cc(C(F)(F)F)cc(C(F)(F)F)c3)n2)cc1. The standard InChI is InChI=1S/C22H17F6N3O3/c1-2-34-17-5-3-13(4-6-17)18-7-8-20(33)31(30-18)12-19(32)29-16-10-14(21(23,24)25)9-15(11-16)22(26,27)28/h3-11H,2,12H2,1H3,(H,29,32). The van der Waals surface area contributed by atoms with Crippen molar-refractivity contribution in [3.05, 3.63) is 76.1 Å². The van der Waals surface area contributed by atoms with Crippen molar-refractivity contribution in [1.29, 1.82) is 0 Å². The molecule has 1 heterocycles. The van der Waals surface area contributed by atoms with Gasteiger partial charge in [-0.2, -0.15) is 31.4 Å². The Balaban J connectivity index is 1.84. The van der Waals surface area contributed by atoms with E-state index >= 15 is 0 Å². The van der Waals surface area contributed by atoms with E-state index < -0.39 is 47.2 Å². The highest BCUT2D eigenvalue weighted by molar-refractivity contribution is 5.90. The average molecular weight is 485 g/mol. The monoisotopic (exact) mass is 485 g/mol. The summed E-state index contributed by atoms with van der Waals surface area (Å²) in [6, 6.07) is 9.93. The lowest BCUT2D eigenvalue weighted by molar-refractivity contribution is -0.143. The molecular formula is C22H17F6N3O3. The van der Waals surface area contributed by atoms with E-state index in [9.17, 15) is 35.9 Å². The van der Waals surface area contributed by atoms with Gasteiger partial charge in [0.2, 0.25) is 5.91 Å². The van der Waals surface area contributed by atoms with Crippen LogP contribution in [0.3, 0.4) is 0 Å². The van der Waals surface area contributed by atoms with Gasteiger partial charge < -0.3 is 10.1 Å². The van der Waals surface area contributed by atoms with Gasteiger partial charge in [-0.1, -0.05) is 0 Å². The zero-order chi connectivity index (χ0) is 25.1. The maximum Gasteiger partial charge on any atom is 0.416 e. The second-order valence-electron chi connectivity index (χ2n) is 7.01. The normalized spacial score (nSPS) is 11.9. The minimum absolute atomic E-state index is 0.0536. The topological polar surface area (TPSA) is 73.2 Å². The zero-order valence-corrected chi connectivity index (χ0v) is 17.5. The summed E-state index contributed by atoms with van der Waals surface area (Å²) in [4.78, 5) is 24.4. The zero-order valence-electron chi connectivity index (χ0n) is 17.5. The first-order valence-electron chi connectivity index (χ1n) is 9.77. The molecule has 0 aliphatic heterocycles. The van der Waals surface area contributed by atoms with Crippen molar-refractivity contribution in [3.63, 3.8) is 0 Å². The van der Waals surface area contributed by atoms with Crippen molar-refractivity contribution < 1.29 is 35.9 Å². The number of rotatable bonds is 6. The van der Waals surface area contributed by atoms with E-state index in [-0.39, 0.29) is 6.07 Å². The number of halogens is 6. The summed E-state index contributed by atoms with van der Waals surface area (Å²) in [6.45, 7) is 1.55. The molecule has 3 aromatic rings. The smallest absolute Gasteiger partial charge is 0.416 e. The third kappa shape index (κ3) is 6.15. The highest BCUT2D eigenvalue weighted by Crippen LogP contribution is 2.37. The molecule has 34 heavy (non-hydrogen) atoms. The molecule has 0 unspecified atom stereocenters. The van der Waals surface area contributed by atoms with E-state index in [1.165, 1.54) is 6.07 Å². The van der Waals surface area contributed by atoms with Crippen molar-refractivity contribution in [2.75, 3.05) is 11.9 Å². The molecule has 1 amide bonds. The molecule has 0 bridgehead atoms. The lowest BCUT2D eigenvalue weighted by atomic mass is 10.1. The van der Waals surface area contributed by atoms with Crippen molar-refractivity contribution in [2.45, 2.75) is 25.8 Å². The lowest BCUT2D eigenvalue weighted by Crippen LogP contribution is -2.29. The Kier molecular flexibility index (Phi) is 6.99. The van der Waals surface area contributed by atoms with E-state index in [1.54, 1.807) is 24.3 Å². The number of carbonyl (C=O) groups excluding carboxylic acids is 1. The summed E-state index contributed by atoms with van der Waals surface area (Å²) in [6.07, 6.45) is -10.1. The molecule has 0 atom stereocenters. The lowest BCUT2D eigenvalue weighted by Gasteiger charge is -2.15. The summed E-state index contributed by atoms with van der Waals surface area (Å²) >= 11 is 0. The minimum atomic E-state index is -5.06. The Morgan fingerprint density at radius 1 is 0.941 bits per heavy atom. The first-order chi connectivity index (χ1) is 15.9. The van der Waals surface area contributed by atoms with Gasteiger partial charge in [-0.15, -0.1) is 0 Å². The number of ether oxygens (including phenoxy) is 1. The molecule has 6 nitrogen and oxygen atoms in total. The summed E-state index contributed by atoms with van der Waals surface area (Å²) in [5, 5.41) is 6.02. The van der Waals surface area contributed by atoms with E-state index in [2.05, 4.69) is 5.10 Å². The third-order valence-electron chi connectivity index (χ3n) is 4.49. The van der Waals surface area contributed by atoms with Crippen molar-refractivity contribution in [2.24, 2.45) is 0 Å². The molecule has 1 aromatic heterocycles. The second kappa shape index (κ2) is 9.57. The van der Waals surface area contributed by atoms with Gasteiger partial charge in [0.25, 0.3) is 5.56 Å². The number of aromatic nitrogens is 2. The predicted molar refractivity (Wildman–Crippen MR) is 110 cm³/mol. The fourth-order valence-electron chi connectivity index (χ4n) is 2.97. The number of nitrogens with one attached hydrogen (secondary N) is 1. The van der Waals surface area contributed by atoms with Crippen molar-refractivity contribution >= 4 is 11.6 Å². The van der Waals surface area contributed by atoms with Gasteiger partial charge in [-0.25, -0.2) is 4.68 Å². The van der Waals surface area contributed by atoms with Crippen LogP contribution in [0.5, 0.6) is 5.75 Å². The van der Waals surface area contributed by atoms with Crippen LogP contribution in [0.2, 0.25) is 0 Å². The molecule has 0 spiro atoms. The number of hydrogen-bond acceptors (Lipinski definition) is 4. The van der Waals surface area contributed by atoms with Gasteiger partial charge in [-0.3, -0.25) is 9.59 Å². The van der Waals surface area contributed by atoms with Crippen molar-refractivity contribution in [3.8, 4) is 17.0 Å². The highest BCUT2D eigenvalue weighted by Gasteiger charge is 2.37. The van der Waals surface area contributed by atoms with Crippen LogP contribution < -0.4 is 15.6 Å². The minimum Gasteiger partial charge on any atom is -0.494 e. The van der Waals surface area contributed by atoms with Gasteiger partial charge in [0.1, 0.15) is 12.3 Å². The number of benzene rings is 2.